The van der Waals surface area contributed by atoms with Crippen LogP contribution in [0.1, 0.15) is 28.0 Å². The van der Waals surface area contributed by atoms with Crippen molar-refractivity contribution in [3.8, 4) is 11.5 Å². The van der Waals surface area contributed by atoms with Crippen molar-refractivity contribution in [1.82, 2.24) is 4.98 Å². The van der Waals surface area contributed by atoms with Crippen molar-refractivity contribution in [2.24, 2.45) is 5.92 Å². The van der Waals surface area contributed by atoms with Gasteiger partial charge in [0.25, 0.3) is 0 Å². The van der Waals surface area contributed by atoms with Gasteiger partial charge in [-0.1, -0.05) is 30.3 Å². The molecule has 1 aliphatic rings. The number of benzene rings is 2. The van der Waals surface area contributed by atoms with Crippen LogP contribution in [0.3, 0.4) is 0 Å². The summed E-state index contributed by atoms with van der Waals surface area (Å²) in [4.78, 5) is 31.0. The summed E-state index contributed by atoms with van der Waals surface area (Å²) in [6.45, 7) is 1.86. The zero-order chi connectivity index (χ0) is 22.0. The molecule has 1 saturated carbocycles. The predicted octanol–water partition coefficient (Wildman–Crippen LogP) is 4.19. The number of carbonyl (C=O) groups excluding carboxylic acids is 2. The highest BCUT2D eigenvalue weighted by Gasteiger charge is 2.64. The van der Waals surface area contributed by atoms with E-state index in [-0.39, 0.29) is 11.7 Å². The zero-order valence-electron chi connectivity index (χ0n) is 17.7. The van der Waals surface area contributed by atoms with Crippen LogP contribution in [0.15, 0.2) is 66.9 Å². The first kappa shape index (κ1) is 20.6. The Labute approximate surface area is 181 Å². The Morgan fingerprint density at radius 2 is 1.74 bits per heavy atom. The number of nitrogens with one attached hydrogen (secondary N) is 1. The molecule has 2 aromatic carbocycles. The summed E-state index contributed by atoms with van der Waals surface area (Å²) in [7, 11) is 3.08. The van der Waals surface area contributed by atoms with Crippen molar-refractivity contribution in [3.05, 3.63) is 83.7 Å². The molecule has 3 aromatic rings. The van der Waals surface area contributed by atoms with Crippen LogP contribution in [-0.4, -0.2) is 30.9 Å². The summed E-state index contributed by atoms with van der Waals surface area (Å²) in [5.41, 5.74) is 1.89. The molecule has 6 nitrogen and oxygen atoms in total. The fraction of sp³-hybridized carbons (Fsp3) is 0.240. The van der Waals surface area contributed by atoms with Crippen molar-refractivity contribution in [3.63, 3.8) is 0 Å². The number of methoxy groups -OCH3 is 2. The summed E-state index contributed by atoms with van der Waals surface area (Å²) >= 11 is 0. The third-order valence-electron chi connectivity index (χ3n) is 5.78. The lowest BCUT2D eigenvalue weighted by atomic mass is 9.85. The molecule has 1 N–H and O–H groups in total. The first-order valence-electron chi connectivity index (χ1n) is 10.1. The van der Waals surface area contributed by atoms with Crippen LogP contribution in [0, 0.1) is 12.8 Å². The lowest BCUT2D eigenvalue weighted by molar-refractivity contribution is -0.117. The van der Waals surface area contributed by atoms with Crippen LogP contribution in [0.5, 0.6) is 11.5 Å². The molecule has 0 bridgehead atoms. The zero-order valence-corrected chi connectivity index (χ0v) is 17.7. The van der Waals surface area contributed by atoms with Gasteiger partial charge in [0.05, 0.1) is 25.6 Å². The molecular formula is C25H24N2O4. The van der Waals surface area contributed by atoms with Crippen molar-refractivity contribution >= 4 is 17.4 Å². The van der Waals surface area contributed by atoms with Crippen molar-refractivity contribution in [2.75, 3.05) is 19.5 Å². The number of Topliss-reactive ketones (excluding diaryl/α,β-unsaturated/α-hetero) is 1. The van der Waals surface area contributed by atoms with Crippen LogP contribution in [0.2, 0.25) is 0 Å². The van der Waals surface area contributed by atoms with Gasteiger partial charge < -0.3 is 14.8 Å². The van der Waals surface area contributed by atoms with Gasteiger partial charge in [0, 0.05) is 23.1 Å². The van der Waals surface area contributed by atoms with Crippen LogP contribution in [-0.2, 0) is 10.2 Å². The predicted molar refractivity (Wildman–Crippen MR) is 118 cm³/mol. The Hall–Kier alpha value is -3.67. The first-order chi connectivity index (χ1) is 15.0. The number of pyridine rings is 1. The topological polar surface area (TPSA) is 77.5 Å². The van der Waals surface area contributed by atoms with Crippen LogP contribution in [0.4, 0.5) is 5.69 Å². The van der Waals surface area contributed by atoms with E-state index in [1.807, 2.05) is 37.3 Å². The van der Waals surface area contributed by atoms with Gasteiger partial charge in [-0.15, -0.1) is 0 Å². The second-order valence-electron chi connectivity index (χ2n) is 7.67. The highest BCUT2D eigenvalue weighted by molar-refractivity contribution is 6.12. The van der Waals surface area contributed by atoms with E-state index in [9.17, 15) is 9.59 Å². The number of ether oxygens (including phenoxy) is 2. The lowest BCUT2D eigenvalue weighted by Gasteiger charge is -2.18. The molecule has 1 fully saturated rings. The Balaban J connectivity index is 1.68. The minimum Gasteiger partial charge on any atom is -0.493 e. The number of anilines is 1. The monoisotopic (exact) mass is 416 g/mol. The van der Waals surface area contributed by atoms with Gasteiger partial charge >= 0.3 is 0 Å². The first-order valence-corrected chi connectivity index (χ1v) is 10.1. The molecule has 0 saturated heterocycles. The molecule has 1 aliphatic carbocycles. The van der Waals surface area contributed by atoms with Gasteiger partial charge in [0.2, 0.25) is 5.91 Å². The second-order valence-corrected chi connectivity index (χ2v) is 7.67. The number of aromatic nitrogens is 1. The third kappa shape index (κ3) is 3.77. The molecule has 6 heteroatoms. The van der Waals surface area contributed by atoms with Gasteiger partial charge in [0.15, 0.2) is 17.3 Å². The Bertz CT molecular complexity index is 1130. The molecule has 4 rings (SSSR count). The van der Waals surface area contributed by atoms with E-state index in [4.69, 9.17) is 9.47 Å². The number of hydrogen-bond acceptors (Lipinski definition) is 5. The maximum atomic E-state index is 13.7. The van der Waals surface area contributed by atoms with Crippen LogP contribution >= 0.6 is 0 Å². The molecule has 2 atom stereocenters. The van der Waals surface area contributed by atoms with Crippen molar-refractivity contribution in [1.29, 1.82) is 0 Å². The average molecular weight is 416 g/mol. The molecule has 0 spiro atoms. The van der Waals surface area contributed by atoms with Crippen molar-refractivity contribution in [2.45, 2.75) is 18.8 Å². The highest BCUT2D eigenvalue weighted by Crippen LogP contribution is 2.57. The number of aryl methyl sites for hydroxylation is 1. The Morgan fingerprint density at radius 1 is 1.00 bits per heavy atom. The van der Waals surface area contributed by atoms with Gasteiger partial charge in [0.1, 0.15) is 0 Å². The molecule has 1 amide bonds. The normalized spacial score (nSPS) is 19.4. The number of ketones is 1. The molecule has 0 radical (unpaired) electrons. The smallest absolute Gasteiger partial charge is 0.228 e. The quantitative estimate of drug-likeness (QED) is 0.585. The van der Waals surface area contributed by atoms with Gasteiger partial charge in [-0.2, -0.15) is 0 Å². The SMILES string of the molecule is COc1ccc(C(=O)C2(c3ccccc3)CC2C(=O)Nc2ccnc(C)c2)cc1OC. The van der Waals surface area contributed by atoms with E-state index in [1.54, 1.807) is 43.6 Å². The van der Waals surface area contributed by atoms with Crippen LogP contribution < -0.4 is 14.8 Å². The number of nitrogens with zero attached hydrogens (tertiary/aromatic N) is 1. The molecule has 0 aliphatic heterocycles. The molecule has 2 unspecified atom stereocenters. The van der Waals surface area contributed by atoms with E-state index in [0.29, 0.717) is 29.2 Å². The summed E-state index contributed by atoms with van der Waals surface area (Å²) in [6, 6.07) is 18.1. The number of carbonyl (C=O) groups is 2. The number of rotatable bonds is 7. The summed E-state index contributed by atoms with van der Waals surface area (Å²) in [6.07, 6.45) is 2.09. The lowest BCUT2D eigenvalue weighted by Crippen LogP contribution is -2.28. The van der Waals surface area contributed by atoms with Crippen molar-refractivity contribution < 1.29 is 19.1 Å². The fourth-order valence-corrected chi connectivity index (χ4v) is 4.10. The Kier molecular flexibility index (Phi) is 5.46. The minimum absolute atomic E-state index is 0.106. The number of amides is 1. The summed E-state index contributed by atoms with van der Waals surface area (Å²) in [5.74, 6) is 0.273. The van der Waals surface area contributed by atoms with Gasteiger partial charge in [-0.3, -0.25) is 14.6 Å². The van der Waals surface area contributed by atoms with E-state index >= 15 is 0 Å². The molecule has 158 valence electrons. The molecular weight excluding hydrogens is 392 g/mol. The summed E-state index contributed by atoms with van der Waals surface area (Å²) < 4.78 is 10.7. The molecule has 1 aromatic heterocycles. The van der Waals surface area contributed by atoms with Gasteiger partial charge in [-0.05, 0) is 49.2 Å². The van der Waals surface area contributed by atoms with E-state index in [2.05, 4.69) is 10.3 Å². The fourth-order valence-electron chi connectivity index (χ4n) is 4.10. The van der Waals surface area contributed by atoms with E-state index in [0.717, 1.165) is 11.3 Å². The maximum absolute atomic E-state index is 13.7. The molecule has 1 heterocycles. The van der Waals surface area contributed by atoms with Gasteiger partial charge in [-0.25, -0.2) is 0 Å². The number of hydrogen-bond donors (Lipinski definition) is 1. The third-order valence-corrected chi connectivity index (χ3v) is 5.78. The minimum atomic E-state index is -0.910. The van der Waals surface area contributed by atoms with Crippen LogP contribution in [0.25, 0.3) is 0 Å². The second kappa shape index (κ2) is 8.22. The summed E-state index contributed by atoms with van der Waals surface area (Å²) in [5, 5.41) is 2.94. The molecule has 31 heavy (non-hydrogen) atoms. The standard InChI is InChI=1S/C25H24N2O4/c1-16-13-19(11-12-26-16)27-24(29)20-15-25(20,18-7-5-4-6-8-18)23(28)17-9-10-21(30-2)22(14-17)31-3/h4-14,20H,15H2,1-3H3,(H,26,27,29). The van der Waals surface area contributed by atoms with E-state index < -0.39 is 11.3 Å². The average Bonchev–Trinajstić information content (AvgIpc) is 3.56. The Morgan fingerprint density at radius 3 is 2.42 bits per heavy atom. The highest BCUT2D eigenvalue weighted by atomic mass is 16.5. The largest absolute Gasteiger partial charge is 0.493 e. The van der Waals surface area contributed by atoms with E-state index in [1.165, 1.54) is 7.11 Å². The maximum Gasteiger partial charge on any atom is 0.228 e.